The van der Waals surface area contributed by atoms with Gasteiger partial charge >= 0.3 is 11.9 Å². The Morgan fingerprint density at radius 3 is 2.30 bits per heavy atom. The highest BCUT2D eigenvalue weighted by atomic mass is 32.1. The molecule has 1 aromatic rings. The molecule has 130 valence electrons. The highest BCUT2D eigenvalue weighted by molar-refractivity contribution is 6.99. The fourth-order valence-electron chi connectivity index (χ4n) is 1.03. The number of carboxylic acid groups (broad SMARTS) is 2. The summed E-state index contributed by atoms with van der Waals surface area (Å²) in [5, 5.41) is 28.4. The second-order valence-corrected chi connectivity index (χ2v) is 5.91. The van der Waals surface area contributed by atoms with Crippen LogP contribution in [0.5, 0.6) is 5.88 Å². The molecule has 1 heterocycles. The third-order valence-electron chi connectivity index (χ3n) is 2.00. The van der Waals surface area contributed by atoms with Gasteiger partial charge in [-0.3, -0.25) is 0 Å². The van der Waals surface area contributed by atoms with E-state index in [1.165, 1.54) is 6.20 Å². The molecular weight excluding hydrogens is 326 g/mol. The normalized spacial score (nSPS) is 12.3. The molecular formula is C13H21N3O6S. The zero-order valence-electron chi connectivity index (χ0n) is 13.1. The van der Waals surface area contributed by atoms with E-state index in [2.05, 4.69) is 14.1 Å². The number of nitrogens with zero attached hydrogens (tertiary/aromatic N) is 2. The summed E-state index contributed by atoms with van der Waals surface area (Å²) in [5.74, 6) is -2.05. The highest BCUT2D eigenvalue weighted by Crippen LogP contribution is 2.05. The third-order valence-corrected chi connectivity index (χ3v) is 2.46. The minimum Gasteiger partial charge on any atom is -0.478 e. The lowest BCUT2D eigenvalue weighted by molar-refractivity contribution is -0.134. The van der Waals surface area contributed by atoms with Crippen molar-refractivity contribution in [2.24, 2.45) is 0 Å². The molecule has 0 aromatic carbocycles. The average Bonchev–Trinajstić information content (AvgIpc) is 2.94. The summed E-state index contributed by atoms with van der Waals surface area (Å²) in [6, 6.07) is 0. The summed E-state index contributed by atoms with van der Waals surface area (Å²) in [6.07, 6.45) is 2.12. The van der Waals surface area contributed by atoms with Crippen LogP contribution in [0.1, 0.15) is 20.8 Å². The van der Waals surface area contributed by atoms with Gasteiger partial charge < -0.3 is 25.4 Å². The van der Waals surface area contributed by atoms with Gasteiger partial charge in [0.05, 0.1) is 11.7 Å². The molecule has 4 N–H and O–H groups in total. The van der Waals surface area contributed by atoms with E-state index in [0.29, 0.717) is 24.6 Å². The second kappa shape index (κ2) is 10.6. The maximum Gasteiger partial charge on any atom is 0.328 e. The SMILES string of the molecule is CC(C)(C)NCC(O)COc1cnsn1.O=C(O)C=CC(=O)O. The maximum absolute atomic E-state index is 9.58. The van der Waals surface area contributed by atoms with Gasteiger partial charge in [-0.15, -0.1) is 4.37 Å². The van der Waals surface area contributed by atoms with Gasteiger partial charge in [0.1, 0.15) is 18.9 Å². The number of nitrogens with one attached hydrogen (secondary N) is 1. The van der Waals surface area contributed by atoms with E-state index < -0.39 is 18.0 Å². The van der Waals surface area contributed by atoms with Gasteiger partial charge in [-0.2, -0.15) is 4.37 Å². The number of aromatic nitrogens is 2. The van der Waals surface area contributed by atoms with E-state index in [1.54, 1.807) is 0 Å². The minimum atomic E-state index is -1.26. The predicted octanol–water partition coefficient (Wildman–Crippen LogP) is 0.378. The zero-order chi connectivity index (χ0) is 17.9. The van der Waals surface area contributed by atoms with Crippen LogP contribution in [0.4, 0.5) is 0 Å². The van der Waals surface area contributed by atoms with Crippen LogP contribution in [-0.2, 0) is 9.59 Å². The third kappa shape index (κ3) is 14.7. The van der Waals surface area contributed by atoms with Gasteiger partial charge in [-0.05, 0) is 20.8 Å². The molecule has 1 aromatic heterocycles. The van der Waals surface area contributed by atoms with Crippen LogP contribution in [0.3, 0.4) is 0 Å². The van der Waals surface area contributed by atoms with Crippen LogP contribution >= 0.6 is 11.7 Å². The van der Waals surface area contributed by atoms with Crippen molar-refractivity contribution in [3.63, 3.8) is 0 Å². The van der Waals surface area contributed by atoms with Gasteiger partial charge in [0.2, 0.25) is 5.88 Å². The van der Waals surface area contributed by atoms with E-state index in [4.69, 9.17) is 14.9 Å². The molecule has 0 aliphatic carbocycles. The first-order chi connectivity index (χ1) is 10.6. The van der Waals surface area contributed by atoms with Gasteiger partial charge in [0.15, 0.2) is 0 Å². The highest BCUT2D eigenvalue weighted by Gasteiger charge is 2.12. The van der Waals surface area contributed by atoms with Crippen LogP contribution in [0.2, 0.25) is 0 Å². The number of aliphatic hydroxyl groups is 1. The molecule has 0 radical (unpaired) electrons. The molecule has 10 heteroatoms. The van der Waals surface area contributed by atoms with E-state index in [1.807, 2.05) is 20.8 Å². The smallest absolute Gasteiger partial charge is 0.328 e. The largest absolute Gasteiger partial charge is 0.478 e. The lowest BCUT2D eigenvalue weighted by Gasteiger charge is -2.22. The van der Waals surface area contributed by atoms with E-state index in [0.717, 1.165) is 11.7 Å². The summed E-state index contributed by atoms with van der Waals surface area (Å²) >= 11 is 1.09. The molecule has 0 saturated carbocycles. The van der Waals surface area contributed by atoms with Gasteiger partial charge in [0.25, 0.3) is 0 Å². The van der Waals surface area contributed by atoms with E-state index in [-0.39, 0.29) is 12.1 Å². The summed E-state index contributed by atoms with van der Waals surface area (Å²) in [5.41, 5.74) is 0.00314. The number of rotatable bonds is 7. The van der Waals surface area contributed by atoms with Crippen molar-refractivity contribution in [2.45, 2.75) is 32.4 Å². The first-order valence-corrected chi connectivity index (χ1v) is 7.30. The van der Waals surface area contributed by atoms with E-state index in [9.17, 15) is 14.7 Å². The molecule has 0 bridgehead atoms. The molecule has 0 fully saturated rings. The van der Waals surface area contributed by atoms with Gasteiger partial charge in [0, 0.05) is 24.2 Å². The van der Waals surface area contributed by atoms with Gasteiger partial charge in [-0.25, -0.2) is 9.59 Å². The molecule has 1 unspecified atom stereocenters. The molecule has 0 spiro atoms. The van der Waals surface area contributed by atoms with Crippen LogP contribution in [0, 0.1) is 0 Å². The lowest BCUT2D eigenvalue weighted by atomic mass is 10.1. The molecule has 9 nitrogen and oxygen atoms in total. The topological polar surface area (TPSA) is 142 Å². The van der Waals surface area contributed by atoms with Gasteiger partial charge in [-0.1, -0.05) is 0 Å². The lowest BCUT2D eigenvalue weighted by Crippen LogP contribution is -2.42. The molecule has 0 saturated heterocycles. The summed E-state index contributed by atoms with van der Waals surface area (Å²) < 4.78 is 12.9. The Morgan fingerprint density at radius 2 is 1.91 bits per heavy atom. The Balaban J connectivity index is 0.000000515. The van der Waals surface area contributed by atoms with Crippen molar-refractivity contribution >= 4 is 23.7 Å². The fourth-order valence-corrected chi connectivity index (χ4v) is 1.39. The Kier molecular flexibility index (Phi) is 9.70. The predicted molar refractivity (Wildman–Crippen MR) is 83.6 cm³/mol. The Morgan fingerprint density at radius 1 is 1.35 bits per heavy atom. The number of aliphatic hydroxyl groups excluding tert-OH is 1. The van der Waals surface area contributed by atoms with E-state index >= 15 is 0 Å². The Labute approximate surface area is 137 Å². The molecule has 1 atom stereocenters. The Bertz CT molecular complexity index is 482. The van der Waals surface area contributed by atoms with Crippen molar-refractivity contribution in [3.05, 3.63) is 18.3 Å². The average molecular weight is 347 g/mol. The van der Waals surface area contributed by atoms with Crippen LogP contribution in [0.25, 0.3) is 0 Å². The molecule has 0 amide bonds. The van der Waals surface area contributed by atoms with Crippen molar-refractivity contribution in [2.75, 3.05) is 13.2 Å². The van der Waals surface area contributed by atoms with Crippen LogP contribution < -0.4 is 10.1 Å². The molecule has 1 rings (SSSR count). The van der Waals surface area contributed by atoms with Crippen LogP contribution in [-0.4, -0.2) is 60.8 Å². The van der Waals surface area contributed by atoms with Crippen molar-refractivity contribution < 1.29 is 29.6 Å². The fraction of sp³-hybridized carbons (Fsp3) is 0.538. The molecule has 23 heavy (non-hydrogen) atoms. The summed E-state index contributed by atoms with van der Waals surface area (Å²) in [4.78, 5) is 19.1. The Hall–Kier alpha value is -2.04. The van der Waals surface area contributed by atoms with Crippen molar-refractivity contribution in [1.29, 1.82) is 0 Å². The number of hydrogen-bond donors (Lipinski definition) is 4. The van der Waals surface area contributed by atoms with Crippen molar-refractivity contribution in [1.82, 2.24) is 14.1 Å². The molecule has 0 aliphatic heterocycles. The maximum atomic E-state index is 9.58. The quantitative estimate of drug-likeness (QED) is 0.515. The number of β-amino-alcohol motifs (C(OH)–C–C–N with tert-alkyl or cyclic N) is 1. The van der Waals surface area contributed by atoms with Crippen LogP contribution in [0.15, 0.2) is 18.3 Å². The number of hydrogen-bond acceptors (Lipinski definition) is 8. The zero-order valence-corrected chi connectivity index (χ0v) is 13.9. The monoisotopic (exact) mass is 347 g/mol. The second-order valence-electron chi connectivity index (χ2n) is 5.35. The summed E-state index contributed by atoms with van der Waals surface area (Å²) in [6.45, 7) is 6.87. The number of aliphatic carboxylic acids is 2. The minimum absolute atomic E-state index is 0.00314. The first-order valence-electron chi connectivity index (χ1n) is 6.57. The van der Waals surface area contributed by atoms with Crippen molar-refractivity contribution in [3.8, 4) is 5.88 Å². The first kappa shape index (κ1) is 21.0. The number of carboxylic acids is 2. The number of ether oxygens (including phenoxy) is 1. The standard InChI is InChI=1S/C9H17N3O2S.C4H4O4/c1-9(2,3)10-4-7(13)6-14-8-5-11-15-12-8;5-3(6)1-2-4(7)8/h5,7,10,13H,4,6H2,1-3H3;1-2H,(H,5,6)(H,7,8). The summed E-state index contributed by atoms with van der Waals surface area (Å²) in [7, 11) is 0. The molecule has 0 aliphatic rings. The number of carbonyl (C=O) groups is 2.